The van der Waals surface area contributed by atoms with Crippen molar-refractivity contribution in [3.05, 3.63) is 37.9 Å². The lowest BCUT2D eigenvalue weighted by Crippen LogP contribution is -2.41. The fourth-order valence-corrected chi connectivity index (χ4v) is 3.51. The van der Waals surface area contributed by atoms with Gasteiger partial charge in [0.1, 0.15) is 11.3 Å². The second kappa shape index (κ2) is 11.8. The maximum absolute atomic E-state index is 12.7. The molecular weight excluding hydrogens is 441 g/mol. The summed E-state index contributed by atoms with van der Waals surface area (Å²) in [4.78, 5) is 37.8. The molecule has 1 aromatic rings. The molecule has 0 spiro atoms. The number of carbonyl (C=O) groups is 1. The van der Waals surface area contributed by atoms with Crippen LogP contribution >= 0.6 is 23.2 Å². The predicted molar refractivity (Wildman–Crippen MR) is 113 cm³/mol. The third-order valence-electron chi connectivity index (χ3n) is 4.60. The molecule has 0 saturated carbocycles. The highest BCUT2D eigenvalue weighted by Gasteiger charge is 2.30. The summed E-state index contributed by atoms with van der Waals surface area (Å²) in [7, 11) is 0. The highest BCUT2D eigenvalue weighted by molar-refractivity contribution is 6.18. The van der Waals surface area contributed by atoms with E-state index in [4.69, 9.17) is 27.9 Å². The van der Waals surface area contributed by atoms with Crippen molar-refractivity contribution in [2.75, 3.05) is 69.1 Å². The molecule has 1 heterocycles. The van der Waals surface area contributed by atoms with Crippen molar-refractivity contribution in [3.63, 3.8) is 0 Å². The van der Waals surface area contributed by atoms with Gasteiger partial charge in [-0.25, -0.2) is 0 Å². The number of alkyl halides is 2. The first kappa shape index (κ1) is 24.1. The van der Waals surface area contributed by atoms with Gasteiger partial charge in [-0.05, 0) is 6.07 Å². The monoisotopic (exact) mass is 463 g/mol. The zero-order valence-corrected chi connectivity index (χ0v) is 17.7. The summed E-state index contributed by atoms with van der Waals surface area (Å²) in [6.45, 7) is 4.00. The Hall–Kier alpha value is -2.21. The summed E-state index contributed by atoms with van der Waals surface area (Å²) in [6.07, 6.45) is 0. The lowest BCUT2D eigenvalue weighted by atomic mass is 10.1. The lowest BCUT2D eigenvalue weighted by molar-refractivity contribution is -0.393. The summed E-state index contributed by atoms with van der Waals surface area (Å²) in [5.74, 6) is -0.360. The van der Waals surface area contributed by atoms with Gasteiger partial charge in [-0.3, -0.25) is 29.9 Å². The van der Waals surface area contributed by atoms with E-state index in [0.29, 0.717) is 19.8 Å². The van der Waals surface area contributed by atoms with Gasteiger partial charge in [-0.2, -0.15) is 0 Å². The van der Waals surface area contributed by atoms with Crippen molar-refractivity contribution < 1.29 is 19.4 Å². The number of rotatable bonds is 11. The third kappa shape index (κ3) is 6.39. The van der Waals surface area contributed by atoms with E-state index >= 15 is 0 Å². The van der Waals surface area contributed by atoms with Crippen molar-refractivity contribution in [2.24, 2.45) is 0 Å². The highest BCUT2D eigenvalue weighted by Crippen LogP contribution is 2.35. The number of benzene rings is 1. The van der Waals surface area contributed by atoms with Gasteiger partial charge in [0.2, 0.25) is 0 Å². The number of nitrogens with one attached hydrogen (secondary N) is 1. The lowest BCUT2D eigenvalue weighted by Gasteiger charge is -2.26. The molecular formula is C17H23Cl2N5O6. The molecule has 1 aliphatic rings. The minimum atomic E-state index is -0.804. The molecule has 1 amide bonds. The molecule has 11 nitrogen and oxygen atoms in total. The van der Waals surface area contributed by atoms with Crippen molar-refractivity contribution in [2.45, 2.75) is 0 Å². The van der Waals surface area contributed by atoms with Crippen LogP contribution in [0.4, 0.5) is 17.1 Å². The standard InChI is InChI=1S/C17H23Cl2N5O6/c18-1-4-22(5-2-19)15-11-13(14(23(26)27)12-16(15)24(28)29)17(25)20-3-6-21-7-9-30-10-8-21/h11-12H,1-10H2,(H,20,25). The second-order valence-corrected chi connectivity index (χ2v) is 7.20. The van der Waals surface area contributed by atoms with Gasteiger partial charge in [-0.15, -0.1) is 23.2 Å². The molecule has 0 aliphatic carbocycles. The zero-order valence-electron chi connectivity index (χ0n) is 16.2. The quantitative estimate of drug-likeness (QED) is 0.298. The minimum absolute atomic E-state index is 0.0604. The predicted octanol–water partition coefficient (Wildman–Crippen LogP) is 1.85. The van der Waals surface area contributed by atoms with E-state index in [0.717, 1.165) is 19.2 Å². The minimum Gasteiger partial charge on any atom is -0.379 e. The van der Waals surface area contributed by atoms with Crippen molar-refractivity contribution in [1.29, 1.82) is 0 Å². The molecule has 1 saturated heterocycles. The molecule has 1 fully saturated rings. The van der Waals surface area contributed by atoms with Crippen LogP contribution in [0.2, 0.25) is 0 Å². The van der Waals surface area contributed by atoms with E-state index in [9.17, 15) is 25.0 Å². The number of halogens is 2. The molecule has 30 heavy (non-hydrogen) atoms. The van der Waals surface area contributed by atoms with E-state index in [1.807, 2.05) is 0 Å². The maximum Gasteiger partial charge on any atom is 0.299 e. The second-order valence-electron chi connectivity index (χ2n) is 6.45. The Kier molecular flexibility index (Phi) is 9.50. The van der Waals surface area contributed by atoms with Gasteiger partial charge >= 0.3 is 0 Å². The number of hydrogen-bond acceptors (Lipinski definition) is 8. The molecule has 0 unspecified atom stereocenters. The number of nitro groups is 2. The number of hydrogen-bond donors (Lipinski definition) is 1. The van der Waals surface area contributed by atoms with Crippen molar-refractivity contribution >= 4 is 46.2 Å². The number of anilines is 1. The van der Waals surface area contributed by atoms with Gasteiger partial charge in [0, 0.05) is 51.0 Å². The van der Waals surface area contributed by atoms with E-state index in [2.05, 4.69) is 10.2 Å². The van der Waals surface area contributed by atoms with E-state index < -0.39 is 27.1 Å². The Morgan fingerprint density at radius 3 is 2.23 bits per heavy atom. The van der Waals surface area contributed by atoms with Crippen molar-refractivity contribution in [3.8, 4) is 0 Å². The average Bonchev–Trinajstić information content (AvgIpc) is 2.73. The highest BCUT2D eigenvalue weighted by atomic mass is 35.5. The molecule has 13 heteroatoms. The SMILES string of the molecule is O=C(NCCN1CCOCC1)c1cc(N(CCCl)CCCl)c([N+](=O)[O-])cc1[N+](=O)[O-]. The maximum atomic E-state index is 12.7. The molecule has 1 aliphatic heterocycles. The molecule has 166 valence electrons. The van der Waals surface area contributed by atoms with Gasteiger partial charge in [0.05, 0.1) is 29.1 Å². The van der Waals surface area contributed by atoms with Crippen LogP contribution in [0, 0.1) is 20.2 Å². The summed E-state index contributed by atoms with van der Waals surface area (Å²) in [6, 6.07) is 1.97. The topological polar surface area (TPSA) is 131 Å². The Morgan fingerprint density at radius 2 is 1.70 bits per heavy atom. The molecule has 0 aromatic heterocycles. The van der Waals surface area contributed by atoms with Gasteiger partial charge < -0.3 is 15.0 Å². The van der Waals surface area contributed by atoms with Crippen LogP contribution < -0.4 is 10.2 Å². The van der Waals surface area contributed by atoms with Gasteiger partial charge in [-0.1, -0.05) is 0 Å². The fourth-order valence-electron chi connectivity index (χ4n) is 3.10. The number of amides is 1. The molecule has 1 aromatic carbocycles. The van der Waals surface area contributed by atoms with Gasteiger partial charge in [0.25, 0.3) is 17.3 Å². The smallest absolute Gasteiger partial charge is 0.299 e. The largest absolute Gasteiger partial charge is 0.379 e. The van der Waals surface area contributed by atoms with Crippen LogP contribution in [0.25, 0.3) is 0 Å². The van der Waals surface area contributed by atoms with Gasteiger partial charge in [0.15, 0.2) is 0 Å². The van der Waals surface area contributed by atoms with Crippen LogP contribution in [0.15, 0.2) is 12.1 Å². The molecule has 2 rings (SSSR count). The Bertz CT molecular complexity index is 769. The molecule has 0 atom stereocenters. The molecule has 1 N–H and O–H groups in total. The van der Waals surface area contributed by atoms with Crippen LogP contribution in [0.1, 0.15) is 10.4 Å². The number of ether oxygens (including phenoxy) is 1. The number of nitrogens with zero attached hydrogens (tertiary/aromatic N) is 4. The van der Waals surface area contributed by atoms with Crippen molar-refractivity contribution in [1.82, 2.24) is 10.2 Å². The molecule has 0 bridgehead atoms. The normalized spacial score (nSPS) is 14.3. The van der Waals surface area contributed by atoms with E-state index in [1.54, 1.807) is 0 Å². The first-order valence-electron chi connectivity index (χ1n) is 9.31. The van der Waals surface area contributed by atoms with Crippen LogP contribution in [0.3, 0.4) is 0 Å². The molecule has 0 radical (unpaired) electrons. The van der Waals surface area contributed by atoms with E-state index in [-0.39, 0.29) is 42.6 Å². The first-order chi connectivity index (χ1) is 14.4. The van der Waals surface area contributed by atoms with E-state index in [1.165, 1.54) is 11.0 Å². The Balaban J connectivity index is 2.30. The third-order valence-corrected chi connectivity index (χ3v) is 4.94. The number of nitro benzene ring substituents is 2. The average molecular weight is 464 g/mol. The number of carbonyl (C=O) groups excluding carboxylic acids is 1. The van der Waals surface area contributed by atoms with Crippen LogP contribution in [-0.4, -0.2) is 84.9 Å². The van der Waals surface area contributed by atoms with Crippen LogP contribution in [-0.2, 0) is 4.74 Å². The summed E-state index contributed by atoms with van der Waals surface area (Å²) >= 11 is 11.6. The Labute approximate surface area is 183 Å². The summed E-state index contributed by atoms with van der Waals surface area (Å²) in [5.41, 5.74) is -1.31. The first-order valence-corrected chi connectivity index (χ1v) is 10.4. The van der Waals surface area contributed by atoms with Crippen LogP contribution in [0.5, 0.6) is 0 Å². The number of morpholine rings is 1. The fraction of sp³-hybridized carbons (Fsp3) is 0.588. The summed E-state index contributed by atoms with van der Waals surface area (Å²) < 4.78 is 5.26. The zero-order chi connectivity index (χ0) is 22.1. The summed E-state index contributed by atoms with van der Waals surface area (Å²) in [5, 5.41) is 25.6. The Morgan fingerprint density at radius 1 is 1.10 bits per heavy atom.